The Balaban J connectivity index is 1.28. The van der Waals surface area contributed by atoms with E-state index in [2.05, 4.69) is 44.9 Å². The number of rotatable bonds is 10. The molecular formula is C30H43N5O4. The Labute approximate surface area is 231 Å². The number of amides is 3. The van der Waals surface area contributed by atoms with Gasteiger partial charge in [0.1, 0.15) is 0 Å². The van der Waals surface area contributed by atoms with Crippen LogP contribution in [-0.4, -0.2) is 84.5 Å². The van der Waals surface area contributed by atoms with E-state index < -0.39 is 0 Å². The summed E-state index contributed by atoms with van der Waals surface area (Å²) >= 11 is 0. The molecule has 9 heteroatoms. The summed E-state index contributed by atoms with van der Waals surface area (Å²) in [6, 6.07) is 8.47. The van der Waals surface area contributed by atoms with E-state index in [1.54, 1.807) is 14.0 Å². The molecule has 39 heavy (non-hydrogen) atoms. The van der Waals surface area contributed by atoms with Crippen molar-refractivity contribution in [1.29, 1.82) is 0 Å². The van der Waals surface area contributed by atoms with Gasteiger partial charge in [0.2, 0.25) is 17.7 Å². The first-order chi connectivity index (χ1) is 19.0. The molecular weight excluding hydrogens is 494 g/mol. The number of ether oxygens (including phenoxy) is 1. The molecule has 3 aliphatic rings. The van der Waals surface area contributed by atoms with Gasteiger partial charge < -0.3 is 30.2 Å². The lowest BCUT2D eigenvalue weighted by molar-refractivity contribution is -0.140. The second-order valence-electron chi connectivity index (χ2n) is 11.5. The van der Waals surface area contributed by atoms with E-state index in [1.807, 2.05) is 11.0 Å². The number of likely N-dealkylation sites (tertiary alicyclic amines) is 1. The summed E-state index contributed by atoms with van der Waals surface area (Å²) in [4.78, 5) is 46.3. The Morgan fingerprint density at radius 2 is 1.87 bits per heavy atom. The zero-order chi connectivity index (χ0) is 27.4. The van der Waals surface area contributed by atoms with Crippen LogP contribution in [0.3, 0.4) is 0 Å². The smallest absolute Gasteiger partial charge is 0.227 e. The third-order valence-electron chi connectivity index (χ3n) is 8.69. The van der Waals surface area contributed by atoms with Gasteiger partial charge in [-0.05, 0) is 56.6 Å². The topological polar surface area (TPSA) is 107 Å². The van der Waals surface area contributed by atoms with Crippen LogP contribution in [0, 0.1) is 11.8 Å². The molecule has 3 N–H and O–H groups in total. The fourth-order valence-corrected chi connectivity index (χ4v) is 6.40. The maximum atomic E-state index is 14.2. The summed E-state index contributed by atoms with van der Waals surface area (Å²) in [5.41, 5.74) is 2.26. The second-order valence-corrected chi connectivity index (χ2v) is 11.5. The van der Waals surface area contributed by atoms with E-state index in [0.29, 0.717) is 52.0 Å². The van der Waals surface area contributed by atoms with Gasteiger partial charge in [-0.25, -0.2) is 0 Å². The Morgan fingerprint density at radius 1 is 1.10 bits per heavy atom. The number of methoxy groups -OCH3 is 1. The van der Waals surface area contributed by atoms with Crippen molar-refractivity contribution in [3.05, 3.63) is 36.0 Å². The molecule has 1 saturated carbocycles. The predicted molar refractivity (Wildman–Crippen MR) is 150 cm³/mol. The molecule has 2 aliphatic heterocycles. The molecule has 0 spiro atoms. The molecule has 9 nitrogen and oxygen atoms in total. The van der Waals surface area contributed by atoms with Crippen LogP contribution in [0.5, 0.6) is 0 Å². The van der Waals surface area contributed by atoms with Crippen molar-refractivity contribution in [2.75, 3.05) is 39.9 Å². The lowest BCUT2D eigenvalue weighted by atomic mass is 9.90. The van der Waals surface area contributed by atoms with E-state index in [4.69, 9.17) is 4.74 Å². The number of nitrogens with one attached hydrogen (secondary N) is 3. The first kappa shape index (κ1) is 27.6. The van der Waals surface area contributed by atoms with Crippen LogP contribution in [0.25, 0.3) is 10.9 Å². The number of aromatic nitrogens is 1. The highest BCUT2D eigenvalue weighted by atomic mass is 16.5. The van der Waals surface area contributed by atoms with Crippen LogP contribution >= 0.6 is 0 Å². The van der Waals surface area contributed by atoms with Crippen molar-refractivity contribution in [2.24, 2.45) is 11.8 Å². The first-order valence-corrected chi connectivity index (χ1v) is 14.6. The van der Waals surface area contributed by atoms with E-state index >= 15 is 0 Å². The van der Waals surface area contributed by atoms with Crippen LogP contribution in [-0.2, 0) is 19.1 Å². The van der Waals surface area contributed by atoms with E-state index in [1.165, 1.54) is 10.9 Å². The number of benzene rings is 1. The molecule has 0 radical (unpaired) electrons. The van der Waals surface area contributed by atoms with E-state index in [0.717, 1.165) is 31.2 Å². The van der Waals surface area contributed by atoms with Crippen LogP contribution < -0.4 is 10.6 Å². The SMILES string of the molecule is COCCCC(c1c[nH]c2ccccc12)N(C(=O)[C@@H]1CNC[C@@H](NC(=O)C2CCN(C(C)=O)CC2)C1)C1CC1. The zero-order valence-electron chi connectivity index (χ0n) is 23.3. The lowest BCUT2D eigenvalue weighted by Gasteiger charge is -2.38. The number of para-hydroxylation sites is 1. The number of nitrogens with zero attached hydrogens (tertiary/aromatic N) is 2. The van der Waals surface area contributed by atoms with Crippen LogP contribution in [0.2, 0.25) is 0 Å². The molecule has 3 amide bonds. The largest absolute Gasteiger partial charge is 0.385 e. The minimum absolute atomic E-state index is 0.0160. The molecule has 2 aromatic rings. The highest BCUT2D eigenvalue weighted by Gasteiger charge is 2.42. The summed E-state index contributed by atoms with van der Waals surface area (Å²) in [6.07, 6.45) is 7.89. The van der Waals surface area contributed by atoms with Gasteiger partial charge in [0.05, 0.1) is 12.0 Å². The van der Waals surface area contributed by atoms with Gasteiger partial charge in [0.15, 0.2) is 0 Å². The number of piperidine rings is 2. The Hall–Kier alpha value is -2.91. The predicted octanol–water partition coefficient (Wildman–Crippen LogP) is 2.98. The number of carbonyl (C=O) groups excluding carboxylic acids is 3. The lowest BCUT2D eigenvalue weighted by Crippen LogP contribution is -2.54. The van der Waals surface area contributed by atoms with E-state index in [9.17, 15) is 14.4 Å². The average molecular weight is 538 g/mol. The van der Waals surface area contributed by atoms with Crippen LogP contribution in [0.1, 0.15) is 63.5 Å². The maximum absolute atomic E-state index is 14.2. The van der Waals surface area contributed by atoms with Gasteiger partial charge >= 0.3 is 0 Å². The van der Waals surface area contributed by atoms with Gasteiger partial charge in [0, 0.05) is 81.9 Å². The third-order valence-corrected chi connectivity index (χ3v) is 8.69. The fraction of sp³-hybridized carbons (Fsp3) is 0.633. The molecule has 1 aromatic heterocycles. The van der Waals surface area contributed by atoms with Crippen molar-refractivity contribution in [3.8, 4) is 0 Å². The molecule has 1 aliphatic carbocycles. The van der Waals surface area contributed by atoms with Crippen molar-refractivity contribution in [2.45, 2.75) is 70.0 Å². The fourth-order valence-electron chi connectivity index (χ4n) is 6.40. The van der Waals surface area contributed by atoms with Crippen molar-refractivity contribution >= 4 is 28.6 Å². The number of hydrogen-bond acceptors (Lipinski definition) is 5. The highest BCUT2D eigenvalue weighted by molar-refractivity contribution is 5.86. The molecule has 3 atom stereocenters. The first-order valence-electron chi connectivity index (χ1n) is 14.6. The molecule has 1 aromatic carbocycles. The Morgan fingerprint density at radius 3 is 2.59 bits per heavy atom. The monoisotopic (exact) mass is 537 g/mol. The van der Waals surface area contributed by atoms with Crippen molar-refractivity contribution in [3.63, 3.8) is 0 Å². The number of H-pyrrole nitrogens is 1. The minimum atomic E-state index is -0.181. The molecule has 5 rings (SSSR count). The van der Waals surface area contributed by atoms with Crippen LogP contribution in [0.15, 0.2) is 30.5 Å². The number of fused-ring (bicyclic) bond motifs is 1. The van der Waals surface area contributed by atoms with Gasteiger partial charge in [-0.1, -0.05) is 18.2 Å². The molecule has 2 saturated heterocycles. The van der Waals surface area contributed by atoms with Gasteiger partial charge in [-0.3, -0.25) is 14.4 Å². The Bertz CT molecular complexity index is 1150. The molecule has 0 bridgehead atoms. The number of carbonyl (C=O) groups is 3. The Kier molecular flexibility index (Phi) is 8.87. The summed E-state index contributed by atoms with van der Waals surface area (Å²) in [5.74, 6) is 0.0471. The average Bonchev–Trinajstić information content (AvgIpc) is 3.70. The minimum Gasteiger partial charge on any atom is -0.385 e. The molecule has 3 fully saturated rings. The van der Waals surface area contributed by atoms with Crippen molar-refractivity contribution < 1.29 is 19.1 Å². The second kappa shape index (κ2) is 12.5. The molecule has 212 valence electrons. The summed E-state index contributed by atoms with van der Waals surface area (Å²) in [6.45, 7) is 4.81. The van der Waals surface area contributed by atoms with Crippen LogP contribution in [0.4, 0.5) is 0 Å². The quantitative estimate of drug-likeness (QED) is 0.404. The maximum Gasteiger partial charge on any atom is 0.227 e. The number of aromatic amines is 1. The standard InChI is InChI=1S/C30H43N5O4/c1-20(36)34-13-11-21(12-14-34)29(37)33-23-16-22(17-31-18-23)30(38)35(24-9-10-24)28(8-5-15-39-2)26-19-32-27-7-4-3-6-25(26)27/h3-4,6-7,19,21-24,28,31-32H,5,8-18H2,1-2H3,(H,33,37)/t22-,23-,28?/m0/s1. The molecule has 1 unspecified atom stereocenters. The third kappa shape index (κ3) is 6.47. The van der Waals surface area contributed by atoms with Crippen molar-refractivity contribution in [1.82, 2.24) is 25.4 Å². The summed E-state index contributed by atoms with van der Waals surface area (Å²) < 4.78 is 5.37. The van der Waals surface area contributed by atoms with Gasteiger partial charge in [-0.2, -0.15) is 0 Å². The van der Waals surface area contributed by atoms with E-state index in [-0.39, 0.29) is 47.7 Å². The zero-order valence-corrected chi connectivity index (χ0v) is 23.3. The van der Waals surface area contributed by atoms with Gasteiger partial charge in [-0.15, -0.1) is 0 Å². The normalized spacial score (nSPS) is 23.0. The molecule has 3 heterocycles. The highest BCUT2D eigenvalue weighted by Crippen LogP contribution is 2.40. The summed E-state index contributed by atoms with van der Waals surface area (Å²) in [5, 5.41) is 7.82. The van der Waals surface area contributed by atoms with Gasteiger partial charge in [0.25, 0.3) is 0 Å². The number of hydrogen-bond donors (Lipinski definition) is 3. The summed E-state index contributed by atoms with van der Waals surface area (Å²) in [7, 11) is 1.72.